The molecule has 4 nitrogen and oxygen atoms in total. The van der Waals surface area contributed by atoms with Crippen LogP contribution in [0.2, 0.25) is 0 Å². The molecule has 1 aromatic rings. The van der Waals surface area contributed by atoms with Crippen LogP contribution in [0.4, 0.5) is 0 Å². The first-order valence-electron chi connectivity index (χ1n) is 3.18. The van der Waals surface area contributed by atoms with E-state index in [9.17, 15) is 9.59 Å². The summed E-state index contributed by atoms with van der Waals surface area (Å²) in [5.74, 6) is -2.13. The number of hydrogen-bond acceptors (Lipinski definition) is 2. The zero-order chi connectivity index (χ0) is 9.14. The van der Waals surface area contributed by atoms with Gasteiger partial charge >= 0.3 is 11.9 Å². The molecule has 1 radical (unpaired) electrons. The molecule has 2 N–H and O–H groups in total. The van der Waals surface area contributed by atoms with E-state index in [1.807, 2.05) is 0 Å². The Morgan fingerprint density at radius 2 is 1.07 bits per heavy atom. The van der Waals surface area contributed by atoms with Gasteiger partial charge in [0.2, 0.25) is 0 Å². The zero-order valence-electron chi connectivity index (χ0n) is 7.03. The van der Waals surface area contributed by atoms with Gasteiger partial charge in [0.1, 0.15) is 0 Å². The molecule has 0 aliphatic rings. The maximum atomic E-state index is 10.3. The molecular formula is C8H6AgO4Zn. The summed E-state index contributed by atoms with van der Waals surface area (Å²) in [4.78, 5) is 20.7. The monoisotopic (exact) mass is 337 g/mol. The molecule has 1 aromatic carbocycles. The summed E-state index contributed by atoms with van der Waals surface area (Å²) in [6.07, 6.45) is 0. The third kappa shape index (κ3) is 4.16. The Morgan fingerprint density at radius 1 is 0.857 bits per heavy atom. The van der Waals surface area contributed by atoms with Gasteiger partial charge in [-0.1, -0.05) is 0 Å². The minimum absolute atomic E-state index is 0. The molecule has 0 spiro atoms. The fraction of sp³-hybridized carbons (Fsp3) is 0. The molecule has 75 valence electrons. The first kappa shape index (κ1) is 16.0. The smallest absolute Gasteiger partial charge is 0.335 e. The summed E-state index contributed by atoms with van der Waals surface area (Å²) in [6, 6.07) is 5.02. The number of rotatable bonds is 2. The quantitative estimate of drug-likeness (QED) is 0.791. The van der Waals surface area contributed by atoms with Gasteiger partial charge in [0.05, 0.1) is 11.1 Å². The van der Waals surface area contributed by atoms with Crippen LogP contribution in [-0.2, 0) is 41.9 Å². The molecule has 0 unspecified atom stereocenters. The molecule has 0 aliphatic heterocycles. The van der Waals surface area contributed by atoms with Crippen LogP contribution < -0.4 is 0 Å². The standard InChI is InChI=1S/C8H6O4.Ag.Zn/c9-7(10)5-1-2-6(4-3-5)8(11)12;;/h1-4H,(H,9,10)(H,11,12);;. The van der Waals surface area contributed by atoms with Gasteiger partial charge in [-0.25, -0.2) is 9.59 Å². The van der Waals surface area contributed by atoms with Gasteiger partial charge in [0, 0.05) is 41.9 Å². The number of benzene rings is 1. The van der Waals surface area contributed by atoms with Crippen LogP contribution in [0.5, 0.6) is 0 Å². The van der Waals surface area contributed by atoms with E-state index in [-0.39, 0.29) is 53.0 Å². The third-order valence-electron chi connectivity index (χ3n) is 1.38. The Bertz CT molecular complexity index is 290. The Hall–Kier alpha value is -0.476. The molecule has 14 heavy (non-hydrogen) atoms. The van der Waals surface area contributed by atoms with E-state index in [2.05, 4.69) is 0 Å². The van der Waals surface area contributed by atoms with Crippen molar-refractivity contribution in [1.29, 1.82) is 0 Å². The Morgan fingerprint density at radius 3 is 1.21 bits per heavy atom. The summed E-state index contributed by atoms with van der Waals surface area (Å²) < 4.78 is 0. The average Bonchev–Trinajstić information content (AvgIpc) is 2.04. The minimum Gasteiger partial charge on any atom is -0.478 e. The van der Waals surface area contributed by atoms with Crippen LogP contribution >= 0.6 is 0 Å². The molecule has 1 rings (SSSR count). The maximum absolute atomic E-state index is 10.3. The van der Waals surface area contributed by atoms with E-state index in [4.69, 9.17) is 10.2 Å². The van der Waals surface area contributed by atoms with Crippen molar-refractivity contribution in [3.05, 3.63) is 35.4 Å². The molecular weight excluding hydrogens is 333 g/mol. The van der Waals surface area contributed by atoms with Crippen molar-refractivity contribution in [3.63, 3.8) is 0 Å². The van der Waals surface area contributed by atoms with Crippen LogP contribution in [-0.4, -0.2) is 22.2 Å². The van der Waals surface area contributed by atoms with Crippen molar-refractivity contribution in [2.24, 2.45) is 0 Å². The van der Waals surface area contributed by atoms with Crippen LogP contribution in [0.3, 0.4) is 0 Å². The van der Waals surface area contributed by atoms with Crippen molar-refractivity contribution >= 4 is 11.9 Å². The number of carbonyl (C=O) groups is 2. The Kier molecular flexibility index (Phi) is 7.87. The molecule has 0 bridgehead atoms. The Labute approximate surface area is 109 Å². The van der Waals surface area contributed by atoms with Gasteiger partial charge < -0.3 is 10.2 Å². The molecule has 0 heterocycles. The summed E-state index contributed by atoms with van der Waals surface area (Å²) in [5.41, 5.74) is 0.167. The number of aromatic carboxylic acids is 2. The molecule has 6 heteroatoms. The number of hydrogen-bond donors (Lipinski definition) is 2. The normalized spacial score (nSPS) is 8.00. The SMILES string of the molecule is O=C(O)c1ccc(C(=O)O)cc1.[Ag].[Zn]. The first-order valence-corrected chi connectivity index (χ1v) is 3.18. The van der Waals surface area contributed by atoms with Crippen LogP contribution in [0, 0.1) is 0 Å². The summed E-state index contributed by atoms with van der Waals surface area (Å²) in [5, 5.41) is 16.9. The second-order valence-electron chi connectivity index (χ2n) is 2.19. The number of carboxylic acids is 2. The van der Waals surface area contributed by atoms with Crippen molar-refractivity contribution in [2.75, 3.05) is 0 Å². The molecule has 0 amide bonds. The second-order valence-corrected chi connectivity index (χ2v) is 2.19. The largest absolute Gasteiger partial charge is 0.478 e. The van der Waals surface area contributed by atoms with E-state index < -0.39 is 11.9 Å². The van der Waals surface area contributed by atoms with Gasteiger partial charge in [-0.2, -0.15) is 0 Å². The topological polar surface area (TPSA) is 74.6 Å². The molecule has 0 aromatic heterocycles. The summed E-state index contributed by atoms with van der Waals surface area (Å²) in [7, 11) is 0. The number of carboxylic acid groups (broad SMARTS) is 2. The van der Waals surface area contributed by atoms with E-state index in [0.29, 0.717) is 0 Å². The van der Waals surface area contributed by atoms with Crippen LogP contribution in [0.15, 0.2) is 24.3 Å². The van der Waals surface area contributed by atoms with E-state index in [0.717, 1.165) is 0 Å². The Balaban J connectivity index is 0. The first-order chi connectivity index (χ1) is 5.61. The van der Waals surface area contributed by atoms with Gasteiger partial charge in [0.15, 0.2) is 0 Å². The molecule has 0 saturated carbocycles. The van der Waals surface area contributed by atoms with E-state index >= 15 is 0 Å². The van der Waals surface area contributed by atoms with Gasteiger partial charge in [-0.05, 0) is 24.3 Å². The third-order valence-corrected chi connectivity index (χ3v) is 1.38. The fourth-order valence-corrected chi connectivity index (χ4v) is 0.755. The van der Waals surface area contributed by atoms with E-state index in [1.165, 1.54) is 24.3 Å². The van der Waals surface area contributed by atoms with Crippen LogP contribution in [0.1, 0.15) is 20.7 Å². The molecule has 0 fully saturated rings. The zero-order valence-corrected chi connectivity index (χ0v) is 11.5. The van der Waals surface area contributed by atoms with Crippen molar-refractivity contribution in [3.8, 4) is 0 Å². The van der Waals surface area contributed by atoms with Crippen molar-refractivity contribution in [2.45, 2.75) is 0 Å². The maximum Gasteiger partial charge on any atom is 0.335 e. The molecule has 0 atom stereocenters. The van der Waals surface area contributed by atoms with Crippen LogP contribution in [0.25, 0.3) is 0 Å². The summed E-state index contributed by atoms with van der Waals surface area (Å²) >= 11 is 0. The molecule has 0 aliphatic carbocycles. The summed E-state index contributed by atoms with van der Waals surface area (Å²) in [6.45, 7) is 0. The predicted octanol–water partition coefficient (Wildman–Crippen LogP) is 1.08. The average molecular weight is 339 g/mol. The van der Waals surface area contributed by atoms with Crippen molar-refractivity contribution < 1.29 is 61.7 Å². The fourth-order valence-electron chi connectivity index (χ4n) is 0.755. The van der Waals surface area contributed by atoms with Gasteiger partial charge in [-0.3, -0.25) is 0 Å². The minimum atomic E-state index is -1.06. The van der Waals surface area contributed by atoms with Gasteiger partial charge in [-0.15, -0.1) is 0 Å². The van der Waals surface area contributed by atoms with Crippen molar-refractivity contribution in [1.82, 2.24) is 0 Å². The van der Waals surface area contributed by atoms with E-state index in [1.54, 1.807) is 0 Å². The molecule has 0 saturated heterocycles. The predicted molar refractivity (Wildman–Crippen MR) is 40.4 cm³/mol. The van der Waals surface area contributed by atoms with Gasteiger partial charge in [0.25, 0.3) is 0 Å². The second kappa shape index (κ2) is 6.90.